The summed E-state index contributed by atoms with van der Waals surface area (Å²) in [6, 6.07) is 0. The van der Waals surface area contributed by atoms with Gasteiger partial charge in [0.1, 0.15) is 0 Å². The molecule has 20 heavy (non-hydrogen) atoms. The van der Waals surface area contributed by atoms with Crippen molar-refractivity contribution in [1.82, 2.24) is 0 Å². The molecule has 0 bridgehead atoms. The summed E-state index contributed by atoms with van der Waals surface area (Å²) in [7, 11) is 0. The predicted molar refractivity (Wildman–Crippen MR) is 87.7 cm³/mol. The average molecular weight is 277 g/mol. The van der Waals surface area contributed by atoms with Crippen molar-refractivity contribution >= 4 is 0 Å². The molecule has 0 spiro atoms. The summed E-state index contributed by atoms with van der Waals surface area (Å²) in [5, 5.41) is 0. The number of hydrogen-bond donors (Lipinski definition) is 0. The van der Waals surface area contributed by atoms with Gasteiger partial charge in [0, 0.05) is 0 Å². The molecule has 116 valence electrons. The Morgan fingerprint density at radius 3 is 1.40 bits per heavy atom. The van der Waals surface area contributed by atoms with Crippen LogP contribution >= 0.6 is 0 Å². The van der Waals surface area contributed by atoms with E-state index in [4.69, 9.17) is 0 Å². The molecule has 3 fully saturated rings. The summed E-state index contributed by atoms with van der Waals surface area (Å²) in [6.07, 6.45) is 18.6. The van der Waals surface area contributed by atoms with Crippen LogP contribution in [0.25, 0.3) is 0 Å². The first-order valence-electron chi connectivity index (χ1n) is 9.80. The molecule has 0 aromatic carbocycles. The second-order valence-electron chi connectivity index (χ2n) is 8.45. The van der Waals surface area contributed by atoms with E-state index in [0.717, 1.165) is 35.5 Å². The summed E-state index contributed by atoms with van der Waals surface area (Å²) in [5.74, 6) is 6.70. The second-order valence-corrected chi connectivity index (χ2v) is 8.45. The van der Waals surface area contributed by atoms with Gasteiger partial charge in [-0.2, -0.15) is 0 Å². The standard InChI is InChI=1S/C20H36/c1-3-5-15-7-9-17-14-20-12-16(6-4-2)8-10-18(20)13-19(17)11-15/h15-20H,3-14H2,1-2H3. The Hall–Kier alpha value is 0. The van der Waals surface area contributed by atoms with Crippen LogP contribution in [0.1, 0.15) is 90.9 Å². The maximum atomic E-state index is 2.37. The minimum Gasteiger partial charge on any atom is -0.0654 e. The Labute approximate surface area is 127 Å². The van der Waals surface area contributed by atoms with Crippen LogP contribution in [-0.2, 0) is 0 Å². The first-order valence-corrected chi connectivity index (χ1v) is 9.80. The molecule has 3 aliphatic carbocycles. The molecule has 3 rings (SSSR count). The van der Waals surface area contributed by atoms with Gasteiger partial charge < -0.3 is 0 Å². The Balaban J connectivity index is 1.55. The van der Waals surface area contributed by atoms with Crippen molar-refractivity contribution in [3.8, 4) is 0 Å². The largest absolute Gasteiger partial charge is 0.0654 e. The predicted octanol–water partition coefficient (Wildman–Crippen LogP) is 6.45. The van der Waals surface area contributed by atoms with Gasteiger partial charge in [-0.25, -0.2) is 0 Å². The van der Waals surface area contributed by atoms with Gasteiger partial charge in [-0.3, -0.25) is 0 Å². The van der Waals surface area contributed by atoms with E-state index < -0.39 is 0 Å². The molecule has 0 aliphatic heterocycles. The van der Waals surface area contributed by atoms with Crippen LogP contribution in [0.4, 0.5) is 0 Å². The van der Waals surface area contributed by atoms with Crippen molar-refractivity contribution in [3.63, 3.8) is 0 Å². The van der Waals surface area contributed by atoms with Gasteiger partial charge in [-0.05, 0) is 74.0 Å². The zero-order chi connectivity index (χ0) is 13.9. The van der Waals surface area contributed by atoms with E-state index in [9.17, 15) is 0 Å². The van der Waals surface area contributed by atoms with Crippen molar-refractivity contribution in [2.24, 2.45) is 35.5 Å². The summed E-state index contributed by atoms with van der Waals surface area (Å²) >= 11 is 0. The molecule has 3 aliphatic rings. The van der Waals surface area contributed by atoms with Gasteiger partial charge in [-0.15, -0.1) is 0 Å². The van der Waals surface area contributed by atoms with Gasteiger partial charge in [-0.1, -0.05) is 52.4 Å². The third-order valence-electron chi connectivity index (χ3n) is 7.10. The molecule has 0 nitrogen and oxygen atoms in total. The smallest absolute Gasteiger partial charge is 0.0380 e. The van der Waals surface area contributed by atoms with Crippen LogP contribution < -0.4 is 0 Å². The van der Waals surface area contributed by atoms with E-state index in [1.54, 1.807) is 51.4 Å². The molecule has 6 unspecified atom stereocenters. The highest BCUT2D eigenvalue weighted by atomic mass is 14.5. The molecule has 3 saturated carbocycles. The third kappa shape index (κ3) is 3.25. The Morgan fingerprint density at radius 2 is 1.00 bits per heavy atom. The molecule has 0 saturated heterocycles. The quantitative estimate of drug-likeness (QED) is 0.554. The van der Waals surface area contributed by atoms with Gasteiger partial charge in [0.25, 0.3) is 0 Å². The fraction of sp³-hybridized carbons (Fsp3) is 1.00. The van der Waals surface area contributed by atoms with E-state index in [1.807, 2.05) is 0 Å². The summed E-state index contributed by atoms with van der Waals surface area (Å²) < 4.78 is 0. The minimum atomic E-state index is 1.09. The fourth-order valence-corrected chi connectivity index (χ4v) is 6.16. The fourth-order valence-electron chi connectivity index (χ4n) is 6.16. The van der Waals surface area contributed by atoms with Gasteiger partial charge in [0.05, 0.1) is 0 Å². The Kier molecular flexibility index (Phi) is 5.10. The van der Waals surface area contributed by atoms with Crippen LogP contribution in [0, 0.1) is 35.5 Å². The average Bonchev–Trinajstić information content (AvgIpc) is 2.46. The van der Waals surface area contributed by atoms with Gasteiger partial charge >= 0.3 is 0 Å². The normalized spacial score (nSPS) is 44.7. The van der Waals surface area contributed by atoms with Crippen LogP contribution in [0.2, 0.25) is 0 Å². The lowest BCUT2D eigenvalue weighted by molar-refractivity contribution is 0.0180. The van der Waals surface area contributed by atoms with E-state index in [-0.39, 0.29) is 0 Å². The van der Waals surface area contributed by atoms with Crippen LogP contribution in [0.3, 0.4) is 0 Å². The minimum absolute atomic E-state index is 1.09. The maximum Gasteiger partial charge on any atom is -0.0380 e. The Morgan fingerprint density at radius 1 is 0.550 bits per heavy atom. The molecule has 0 heteroatoms. The van der Waals surface area contributed by atoms with E-state index in [0.29, 0.717) is 0 Å². The highest BCUT2D eigenvalue weighted by molar-refractivity contribution is 4.92. The van der Waals surface area contributed by atoms with E-state index >= 15 is 0 Å². The van der Waals surface area contributed by atoms with Gasteiger partial charge in [0.2, 0.25) is 0 Å². The van der Waals surface area contributed by atoms with Crippen LogP contribution in [0.15, 0.2) is 0 Å². The SMILES string of the molecule is CCCC1CCC2CC3CC(CCC)CCC3CC2C1. The van der Waals surface area contributed by atoms with Crippen LogP contribution in [0.5, 0.6) is 0 Å². The lowest BCUT2D eigenvalue weighted by atomic mass is 9.57. The topological polar surface area (TPSA) is 0 Å². The van der Waals surface area contributed by atoms with Crippen molar-refractivity contribution in [3.05, 3.63) is 0 Å². The van der Waals surface area contributed by atoms with E-state index in [2.05, 4.69) is 13.8 Å². The highest BCUT2D eigenvalue weighted by Crippen LogP contribution is 2.52. The first-order chi connectivity index (χ1) is 9.80. The second kappa shape index (κ2) is 6.84. The molecular weight excluding hydrogens is 240 g/mol. The maximum absolute atomic E-state index is 2.37. The molecule has 0 N–H and O–H groups in total. The zero-order valence-electron chi connectivity index (χ0n) is 13.9. The van der Waals surface area contributed by atoms with E-state index in [1.165, 1.54) is 25.7 Å². The summed E-state index contributed by atoms with van der Waals surface area (Å²) in [6.45, 7) is 4.75. The van der Waals surface area contributed by atoms with Crippen LogP contribution in [-0.4, -0.2) is 0 Å². The lowest BCUT2D eigenvalue weighted by Crippen LogP contribution is -2.38. The van der Waals surface area contributed by atoms with Crippen molar-refractivity contribution in [2.75, 3.05) is 0 Å². The third-order valence-corrected chi connectivity index (χ3v) is 7.10. The molecule has 6 atom stereocenters. The molecule has 0 heterocycles. The first kappa shape index (κ1) is 14.9. The number of hydrogen-bond acceptors (Lipinski definition) is 0. The van der Waals surface area contributed by atoms with Gasteiger partial charge in [0.15, 0.2) is 0 Å². The molecule has 0 aromatic heterocycles. The van der Waals surface area contributed by atoms with Crippen molar-refractivity contribution < 1.29 is 0 Å². The summed E-state index contributed by atoms with van der Waals surface area (Å²) in [5.41, 5.74) is 0. The monoisotopic (exact) mass is 276 g/mol. The number of fused-ring (bicyclic) bond motifs is 2. The van der Waals surface area contributed by atoms with Crippen molar-refractivity contribution in [2.45, 2.75) is 90.9 Å². The molecule has 0 radical (unpaired) electrons. The molecule has 0 amide bonds. The van der Waals surface area contributed by atoms with Crippen molar-refractivity contribution in [1.29, 1.82) is 0 Å². The highest BCUT2D eigenvalue weighted by Gasteiger charge is 2.42. The summed E-state index contributed by atoms with van der Waals surface area (Å²) in [4.78, 5) is 0. The zero-order valence-corrected chi connectivity index (χ0v) is 13.9. The lowest BCUT2D eigenvalue weighted by Gasteiger charge is -2.49. The molecular formula is C20H36. The molecule has 0 aromatic rings. The number of rotatable bonds is 4. The Bertz CT molecular complexity index is 264.